The molecule has 0 aliphatic carbocycles. The van der Waals surface area contributed by atoms with Crippen LogP contribution in [-0.2, 0) is 16.6 Å². The van der Waals surface area contributed by atoms with Crippen LogP contribution in [0.15, 0.2) is 41.3 Å². The molecule has 112 valence electrons. The van der Waals surface area contributed by atoms with Crippen molar-refractivity contribution in [1.29, 1.82) is 0 Å². The summed E-state index contributed by atoms with van der Waals surface area (Å²) in [5, 5.41) is 0.302. The highest BCUT2D eigenvalue weighted by Gasteiger charge is 2.18. The Morgan fingerprint density at radius 2 is 1.86 bits per heavy atom. The second-order valence-electron chi connectivity index (χ2n) is 4.24. The van der Waals surface area contributed by atoms with Gasteiger partial charge in [-0.15, -0.1) is 0 Å². The van der Waals surface area contributed by atoms with Crippen LogP contribution in [-0.4, -0.2) is 8.42 Å². The molecule has 0 aliphatic heterocycles. The number of nitrogens with two attached hydrogens (primary N) is 1. The molecule has 0 bridgehead atoms. The molecule has 0 saturated heterocycles. The summed E-state index contributed by atoms with van der Waals surface area (Å²) >= 11 is 5.70. The number of rotatable bonds is 4. The Kier molecular flexibility index (Phi) is 4.46. The molecule has 0 fully saturated rings. The lowest BCUT2D eigenvalue weighted by atomic mass is 10.2. The Morgan fingerprint density at radius 1 is 1.14 bits per heavy atom. The number of hydrogen-bond donors (Lipinski definition) is 2. The minimum atomic E-state index is -3.93. The zero-order valence-electron chi connectivity index (χ0n) is 10.6. The molecule has 3 N–H and O–H groups in total. The average Bonchev–Trinajstić information content (AvgIpc) is 2.37. The molecule has 0 aliphatic rings. The quantitative estimate of drug-likeness (QED) is 0.845. The molecule has 2 aromatic rings. The van der Waals surface area contributed by atoms with Gasteiger partial charge in [0, 0.05) is 23.2 Å². The van der Waals surface area contributed by atoms with E-state index in [-0.39, 0.29) is 22.7 Å². The van der Waals surface area contributed by atoms with Crippen molar-refractivity contribution in [3.8, 4) is 0 Å². The molecular weight excluding hydrogens is 322 g/mol. The lowest BCUT2D eigenvalue weighted by Gasteiger charge is -2.10. The van der Waals surface area contributed by atoms with Crippen molar-refractivity contribution in [3.05, 3.63) is 58.6 Å². The third-order valence-corrected chi connectivity index (χ3v) is 4.44. The first-order valence-corrected chi connectivity index (χ1v) is 7.64. The average molecular weight is 333 g/mol. The molecule has 4 nitrogen and oxygen atoms in total. The zero-order valence-corrected chi connectivity index (χ0v) is 12.2. The molecular formula is C13H11ClF2N2O2S. The highest BCUT2D eigenvalue weighted by molar-refractivity contribution is 7.89. The maximum atomic E-state index is 13.4. The minimum Gasteiger partial charge on any atom is -0.398 e. The predicted molar refractivity (Wildman–Crippen MR) is 76.2 cm³/mol. The molecule has 0 atom stereocenters. The highest BCUT2D eigenvalue weighted by Crippen LogP contribution is 2.22. The van der Waals surface area contributed by atoms with E-state index in [0.717, 1.165) is 6.07 Å². The monoisotopic (exact) mass is 332 g/mol. The van der Waals surface area contributed by atoms with Crippen LogP contribution in [0, 0.1) is 11.6 Å². The van der Waals surface area contributed by atoms with Gasteiger partial charge in [0.2, 0.25) is 10.0 Å². The van der Waals surface area contributed by atoms with E-state index < -0.39 is 21.7 Å². The normalized spacial score (nSPS) is 11.6. The smallest absolute Gasteiger partial charge is 0.242 e. The fourth-order valence-corrected chi connectivity index (χ4v) is 2.98. The molecule has 2 aromatic carbocycles. The Hall–Kier alpha value is -1.70. The first kappa shape index (κ1) is 15.7. The summed E-state index contributed by atoms with van der Waals surface area (Å²) in [7, 11) is -3.93. The van der Waals surface area contributed by atoms with E-state index in [4.69, 9.17) is 17.3 Å². The van der Waals surface area contributed by atoms with Gasteiger partial charge in [0.1, 0.15) is 16.5 Å². The van der Waals surface area contributed by atoms with Crippen LogP contribution in [0.5, 0.6) is 0 Å². The van der Waals surface area contributed by atoms with Gasteiger partial charge in [-0.1, -0.05) is 17.7 Å². The Balaban J connectivity index is 2.22. The predicted octanol–water partition coefficient (Wildman–Crippen LogP) is 2.68. The third kappa shape index (κ3) is 3.69. The Labute approximate surface area is 125 Å². The van der Waals surface area contributed by atoms with Crippen LogP contribution >= 0.6 is 11.6 Å². The van der Waals surface area contributed by atoms with Crippen molar-refractivity contribution in [1.82, 2.24) is 4.72 Å². The van der Waals surface area contributed by atoms with E-state index in [1.165, 1.54) is 24.3 Å². The Bertz CT molecular complexity index is 782. The molecule has 0 aromatic heterocycles. The van der Waals surface area contributed by atoms with Crippen molar-refractivity contribution in [3.63, 3.8) is 0 Å². The van der Waals surface area contributed by atoms with Crippen molar-refractivity contribution < 1.29 is 17.2 Å². The molecule has 0 heterocycles. The maximum Gasteiger partial charge on any atom is 0.242 e. The second kappa shape index (κ2) is 5.97. The molecule has 2 rings (SSSR count). The van der Waals surface area contributed by atoms with Gasteiger partial charge in [-0.2, -0.15) is 0 Å². The van der Waals surface area contributed by atoms with Gasteiger partial charge < -0.3 is 5.73 Å². The fraction of sp³-hybridized carbons (Fsp3) is 0.0769. The van der Waals surface area contributed by atoms with E-state index in [2.05, 4.69) is 4.72 Å². The number of hydrogen-bond acceptors (Lipinski definition) is 3. The topological polar surface area (TPSA) is 72.2 Å². The van der Waals surface area contributed by atoms with E-state index >= 15 is 0 Å². The summed E-state index contributed by atoms with van der Waals surface area (Å²) in [6.45, 7) is -0.323. The summed E-state index contributed by atoms with van der Waals surface area (Å²) in [5.41, 5.74) is 5.60. The third-order valence-electron chi connectivity index (χ3n) is 2.73. The van der Waals surface area contributed by atoms with Crippen LogP contribution in [0.4, 0.5) is 14.5 Å². The Morgan fingerprint density at radius 3 is 2.48 bits per heavy atom. The van der Waals surface area contributed by atoms with E-state index in [9.17, 15) is 17.2 Å². The van der Waals surface area contributed by atoms with Gasteiger partial charge >= 0.3 is 0 Å². The largest absolute Gasteiger partial charge is 0.398 e. The number of halogens is 3. The van der Waals surface area contributed by atoms with Crippen molar-refractivity contribution in [2.75, 3.05) is 5.73 Å². The number of sulfonamides is 1. The second-order valence-corrected chi connectivity index (χ2v) is 6.41. The summed E-state index contributed by atoms with van der Waals surface area (Å²) in [4.78, 5) is -0.158. The van der Waals surface area contributed by atoms with Crippen molar-refractivity contribution in [2.24, 2.45) is 0 Å². The molecule has 0 saturated carbocycles. The maximum absolute atomic E-state index is 13.4. The van der Waals surface area contributed by atoms with Crippen LogP contribution in [0.25, 0.3) is 0 Å². The number of nitrogens with one attached hydrogen (secondary N) is 1. The first-order chi connectivity index (χ1) is 9.79. The number of anilines is 1. The summed E-state index contributed by atoms with van der Waals surface area (Å²) in [6.07, 6.45) is 0. The van der Waals surface area contributed by atoms with E-state index in [1.54, 1.807) is 0 Å². The number of nitrogen functional groups attached to an aromatic ring is 1. The lowest BCUT2D eigenvalue weighted by molar-refractivity contribution is 0.562. The van der Waals surface area contributed by atoms with Crippen molar-refractivity contribution >= 4 is 27.3 Å². The van der Waals surface area contributed by atoms with Gasteiger partial charge in [0.05, 0.1) is 5.69 Å². The van der Waals surface area contributed by atoms with Gasteiger partial charge in [0.25, 0.3) is 0 Å². The first-order valence-electron chi connectivity index (χ1n) is 5.78. The van der Waals surface area contributed by atoms with Crippen LogP contribution in [0.2, 0.25) is 5.02 Å². The highest BCUT2D eigenvalue weighted by atomic mass is 35.5. The summed E-state index contributed by atoms with van der Waals surface area (Å²) < 4.78 is 52.6. The molecule has 0 unspecified atom stereocenters. The van der Waals surface area contributed by atoms with Gasteiger partial charge in [-0.3, -0.25) is 0 Å². The van der Waals surface area contributed by atoms with E-state index in [1.807, 2.05) is 0 Å². The van der Waals surface area contributed by atoms with Crippen molar-refractivity contribution in [2.45, 2.75) is 11.4 Å². The van der Waals surface area contributed by atoms with Crippen LogP contribution < -0.4 is 10.5 Å². The minimum absolute atomic E-state index is 0.0189. The zero-order chi connectivity index (χ0) is 15.6. The lowest BCUT2D eigenvalue weighted by Crippen LogP contribution is -2.24. The summed E-state index contributed by atoms with van der Waals surface area (Å²) in [6, 6.07) is 6.82. The van der Waals surface area contributed by atoms with Gasteiger partial charge in [-0.25, -0.2) is 21.9 Å². The number of benzene rings is 2. The molecule has 8 heteroatoms. The van der Waals surface area contributed by atoms with Gasteiger partial charge in [-0.05, 0) is 24.3 Å². The molecule has 0 amide bonds. The standard InChI is InChI=1S/C13H11ClF2N2O2S/c14-9-2-4-13(12(17)5-9)21(19,20)18-7-8-1-3-10(15)6-11(8)16/h1-6,18H,7,17H2. The van der Waals surface area contributed by atoms with Crippen LogP contribution in [0.1, 0.15) is 5.56 Å². The van der Waals surface area contributed by atoms with E-state index in [0.29, 0.717) is 11.1 Å². The summed E-state index contributed by atoms with van der Waals surface area (Å²) in [5.74, 6) is -1.57. The fourth-order valence-electron chi connectivity index (χ4n) is 1.68. The molecule has 0 spiro atoms. The molecule has 21 heavy (non-hydrogen) atoms. The molecule has 0 radical (unpaired) electrons. The van der Waals surface area contributed by atoms with Gasteiger partial charge in [0.15, 0.2) is 0 Å². The van der Waals surface area contributed by atoms with Crippen LogP contribution in [0.3, 0.4) is 0 Å². The SMILES string of the molecule is Nc1cc(Cl)ccc1S(=O)(=O)NCc1ccc(F)cc1F.